The average molecular weight is 196 g/mol. The summed E-state index contributed by atoms with van der Waals surface area (Å²) in [5.41, 5.74) is 6.53. The van der Waals surface area contributed by atoms with Crippen molar-refractivity contribution in [2.75, 3.05) is 7.11 Å². The molecule has 0 amide bonds. The number of carbonyl (C=O) groups is 1. The summed E-state index contributed by atoms with van der Waals surface area (Å²) in [5, 5.41) is 8.66. The number of methoxy groups -OCH3 is 1. The Balaban J connectivity index is 3.06. The molecule has 0 aliphatic heterocycles. The molecule has 0 aromatic carbocycles. The number of carboxylic acid groups (broad SMARTS) is 1. The molecule has 5 nitrogen and oxygen atoms in total. The third kappa shape index (κ3) is 2.00. The molecule has 0 fully saturated rings. The Bertz CT molecular complexity index is 352. The third-order valence-electron chi connectivity index (χ3n) is 1.85. The Labute approximate surface area is 81.5 Å². The van der Waals surface area contributed by atoms with E-state index in [0.29, 0.717) is 11.6 Å². The van der Waals surface area contributed by atoms with E-state index in [4.69, 9.17) is 15.6 Å². The highest BCUT2D eigenvalue weighted by molar-refractivity contribution is 5.74. The monoisotopic (exact) mass is 196 g/mol. The first-order valence-corrected chi connectivity index (χ1v) is 4.06. The number of carboxylic acids is 1. The van der Waals surface area contributed by atoms with Crippen LogP contribution in [0.1, 0.15) is 17.3 Å². The summed E-state index contributed by atoms with van der Waals surface area (Å²) in [6, 6.07) is 2.20. The molecule has 1 rings (SSSR count). The van der Waals surface area contributed by atoms with Crippen LogP contribution in [0.5, 0.6) is 5.88 Å². The average Bonchev–Trinajstić information content (AvgIpc) is 2.17. The van der Waals surface area contributed by atoms with E-state index >= 15 is 0 Å². The molecule has 3 N–H and O–H groups in total. The zero-order valence-electron chi connectivity index (χ0n) is 8.02. The second kappa shape index (κ2) is 4.06. The summed E-state index contributed by atoms with van der Waals surface area (Å²) in [7, 11) is 1.48. The van der Waals surface area contributed by atoms with Gasteiger partial charge in [-0.3, -0.25) is 4.79 Å². The van der Waals surface area contributed by atoms with Crippen molar-refractivity contribution in [3.8, 4) is 5.88 Å². The molecule has 76 valence electrons. The molecule has 1 atom stereocenters. The van der Waals surface area contributed by atoms with Gasteiger partial charge in [0.25, 0.3) is 0 Å². The zero-order valence-corrected chi connectivity index (χ0v) is 8.02. The smallest absolute Gasteiger partial charge is 0.326 e. The van der Waals surface area contributed by atoms with Crippen LogP contribution in [0.3, 0.4) is 0 Å². The summed E-state index contributed by atoms with van der Waals surface area (Å²) in [4.78, 5) is 14.6. The van der Waals surface area contributed by atoms with E-state index in [1.165, 1.54) is 7.11 Å². The molecule has 0 radical (unpaired) electrons. The Morgan fingerprint density at radius 3 is 2.79 bits per heavy atom. The fourth-order valence-corrected chi connectivity index (χ4v) is 1.03. The topological polar surface area (TPSA) is 85.4 Å². The van der Waals surface area contributed by atoms with Gasteiger partial charge in [-0.25, -0.2) is 4.98 Å². The van der Waals surface area contributed by atoms with Crippen molar-refractivity contribution in [1.82, 2.24) is 4.98 Å². The maximum atomic E-state index is 10.6. The minimum atomic E-state index is -1.11. The minimum absolute atomic E-state index is 0.292. The number of rotatable bonds is 3. The SMILES string of the molecule is COc1nc(C(N)C(=O)O)ccc1C. The van der Waals surface area contributed by atoms with Crippen LogP contribution in [0.15, 0.2) is 12.1 Å². The standard InChI is InChI=1S/C9H12N2O3/c1-5-3-4-6(7(10)9(12)13)11-8(5)14-2/h3-4,7H,10H2,1-2H3,(H,12,13). The maximum Gasteiger partial charge on any atom is 0.326 e. The molecule has 14 heavy (non-hydrogen) atoms. The first-order valence-electron chi connectivity index (χ1n) is 4.06. The van der Waals surface area contributed by atoms with Crippen molar-refractivity contribution < 1.29 is 14.6 Å². The predicted octanol–water partition coefficient (Wildman–Crippen LogP) is 0.483. The highest BCUT2D eigenvalue weighted by Gasteiger charge is 2.16. The van der Waals surface area contributed by atoms with E-state index in [1.54, 1.807) is 12.1 Å². The molecular weight excluding hydrogens is 184 g/mol. The van der Waals surface area contributed by atoms with Crippen molar-refractivity contribution in [1.29, 1.82) is 0 Å². The van der Waals surface area contributed by atoms with Crippen LogP contribution in [-0.2, 0) is 4.79 Å². The van der Waals surface area contributed by atoms with Crippen LogP contribution in [0, 0.1) is 6.92 Å². The maximum absolute atomic E-state index is 10.6. The second-order valence-electron chi connectivity index (χ2n) is 2.88. The van der Waals surface area contributed by atoms with Gasteiger partial charge >= 0.3 is 5.97 Å². The van der Waals surface area contributed by atoms with Crippen molar-refractivity contribution in [3.63, 3.8) is 0 Å². The number of hydrogen-bond donors (Lipinski definition) is 2. The number of pyridine rings is 1. The number of aliphatic carboxylic acids is 1. The summed E-state index contributed by atoms with van der Waals surface area (Å²) < 4.78 is 4.96. The summed E-state index contributed by atoms with van der Waals surface area (Å²) in [6.45, 7) is 1.82. The molecule has 0 saturated heterocycles. The van der Waals surface area contributed by atoms with Gasteiger partial charge in [0.05, 0.1) is 12.8 Å². The fourth-order valence-electron chi connectivity index (χ4n) is 1.03. The van der Waals surface area contributed by atoms with E-state index in [1.807, 2.05) is 6.92 Å². The number of hydrogen-bond acceptors (Lipinski definition) is 4. The Hall–Kier alpha value is -1.62. The molecule has 5 heteroatoms. The van der Waals surface area contributed by atoms with Gasteiger partial charge in [0, 0.05) is 5.56 Å². The van der Waals surface area contributed by atoms with Crippen LogP contribution >= 0.6 is 0 Å². The lowest BCUT2D eigenvalue weighted by atomic mass is 10.2. The molecule has 0 aliphatic rings. The number of nitrogens with zero attached hydrogens (tertiary/aromatic N) is 1. The fraction of sp³-hybridized carbons (Fsp3) is 0.333. The zero-order chi connectivity index (χ0) is 10.7. The largest absolute Gasteiger partial charge is 0.481 e. The lowest BCUT2D eigenvalue weighted by Crippen LogP contribution is -2.22. The molecule has 0 bridgehead atoms. The van der Waals surface area contributed by atoms with Gasteiger partial charge in [0.1, 0.15) is 6.04 Å². The van der Waals surface area contributed by atoms with Crippen LogP contribution < -0.4 is 10.5 Å². The molecule has 0 saturated carbocycles. The quantitative estimate of drug-likeness (QED) is 0.734. The second-order valence-corrected chi connectivity index (χ2v) is 2.88. The van der Waals surface area contributed by atoms with Gasteiger partial charge in [-0.05, 0) is 13.0 Å². The molecule has 0 aliphatic carbocycles. The van der Waals surface area contributed by atoms with Crippen LogP contribution in [-0.4, -0.2) is 23.2 Å². The molecule has 1 heterocycles. The number of nitrogens with two attached hydrogens (primary N) is 1. The number of ether oxygens (including phenoxy) is 1. The third-order valence-corrected chi connectivity index (χ3v) is 1.85. The van der Waals surface area contributed by atoms with Gasteiger partial charge in [0.15, 0.2) is 0 Å². The first kappa shape index (κ1) is 10.5. The number of aromatic nitrogens is 1. The van der Waals surface area contributed by atoms with Crippen molar-refractivity contribution in [3.05, 3.63) is 23.4 Å². The number of aryl methyl sites for hydroxylation is 1. The van der Waals surface area contributed by atoms with E-state index in [9.17, 15) is 4.79 Å². The van der Waals surface area contributed by atoms with Gasteiger partial charge in [-0.15, -0.1) is 0 Å². The van der Waals surface area contributed by atoms with Crippen molar-refractivity contribution in [2.45, 2.75) is 13.0 Å². The van der Waals surface area contributed by atoms with E-state index < -0.39 is 12.0 Å². The Morgan fingerprint density at radius 1 is 1.64 bits per heavy atom. The van der Waals surface area contributed by atoms with Crippen LogP contribution in [0.2, 0.25) is 0 Å². The summed E-state index contributed by atoms with van der Waals surface area (Å²) in [5.74, 6) is -0.706. The van der Waals surface area contributed by atoms with E-state index in [2.05, 4.69) is 4.98 Å². The van der Waals surface area contributed by atoms with Gasteiger partial charge in [0.2, 0.25) is 5.88 Å². The highest BCUT2D eigenvalue weighted by Crippen LogP contribution is 2.17. The van der Waals surface area contributed by atoms with Crippen LogP contribution in [0.4, 0.5) is 0 Å². The Kier molecular flexibility index (Phi) is 3.03. The van der Waals surface area contributed by atoms with E-state index in [0.717, 1.165) is 5.56 Å². The van der Waals surface area contributed by atoms with Crippen molar-refractivity contribution in [2.24, 2.45) is 5.73 Å². The molecule has 1 aromatic heterocycles. The van der Waals surface area contributed by atoms with Crippen LogP contribution in [0.25, 0.3) is 0 Å². The predicted molar refractivity (Wildman–Crippen MR) is 50.1 cm³/mol. The molecule has 1 unspecified atom stereocenters. The normalized spacial score (nSPS) is 12.2. The van der Waals surface area contributed by atoms with Crippen molar-refractivity contribution >= 4 is 5.97 Å². The first-order chi connectivity index (χ1) is 6.56. The summed E-state index contributed by atoms with van der Waals surface area (Å²) >= 11 is 0. The lowest BCUT2D eigenvalue weighted by Gasteiger charge is -2.08. The summed E-state index contributed by atoms with van der Waals surface area (Å²) in [6.07, 6.45) is 0. The Morgan fingerprint density at radius 2 is 2.29 bits per heavy atom. The van der Waals surface area contributed by atoms with E-state index in [-0.39, 0.29) is 0 Å². The lowest BCUT2D eigenvalue weighted by molar-refractivity contribution is -0.138. The minimum Gasteiger partial charge on any atom is -0.481 e. The van der Waals surface area contributed by atoms with Gasteiger partial charge in [-0.2, -0.15) is 0 Å². The molecular formula is C9H12N2O3. The van der Waals surface area contributed by atoms with Gasteiger partial charge in [-0.1, -0.05) is 6.07 Å². The molecule has 1 aromatic rings. The highest BCUT2D eigenvalue weighted by atomic mass is 16.5. The molecule has 0 spiro atoms. The van der Waals surface area contributed by atoms with Gasteiger partial charge < -0.3 is 15.6 Å².